The van der Waals surface area contributed by atoms with Crippen molar-refractivity contribution < 1.29 is 0 Å². The van der Waals surface area contributed by atoms with Crippen LogP contribution in [0, 0.1) is 6.92 Å². The maximum Gasteiger partial charge on any atom is 0.0133 e. The van der Waals surface area contributed by atoms with Gasteiger partial charge in [0.25, 0.3) is 0 Å². The maximum atomic E-state index is 2.26. The first-order valence-corrected chi connectivity index (χ1v) is 5.08. The van der Waals surface area contributed by atoms with Gasteiger partial charge in [-0.2, -0.15) is 0 Å². The molecule has 0 N–H and O–H groups in total. The van der Waals surface area contributed by atoms with Crippen LogP contribution in [0.5, 0.6) is 0 Å². The number of thioether (sulfide) groups is 1. The summed E-state index contributed by atoms with van der Waals surface area (Å²) in [5, 5.41) is 0. The molecule has 0 saturated heterocycles. The van der Waals surface area contributed by atoms with E-state index in [1.165, 1.54) is 24.2 Å². The van der Waals surface area contributed by atoms with Crippen molar-refractivity contribution in [1.82, 2.24) is 0 Å². The highest BCUT2D eigenvalue weighted by molar-refractivity contribution is 7.99. The molecular weight excluding hydrogens is 152 g/mol. The molecule has 11 heavy (non-hydrogen) atoms. The molecule has 1 aliphatic heterocycles. The lowest BCUT2D eigenvalue weighted by atomic mass is 10.1. The highest BCUT2D eigenvalue weighted by Crippen LogP contribution is 2.32. The molecule has 1 heterocycles. The third-order valence-electron chi connectivity index (χ3n) is 2.13. The fourth-order valence-electron chi connectivity index (χ4n) is 1.55. The molecule has 2 rings (SSSR count). The Morgan fingerprint density at radius 1 is 1.36 bits per heavy atom. The van der Waals surface area contributed by atoms with Crippen molar-refractivity contribution in [1.29, 1.82) is 0 Å². The van der Waals surface area contributed by atoms with Gasteiger partial charge >= 0.3 is 0 Å². The van der Waals surface area contributed by atoms with Crippen molar-refractivity contribution >= 4 is 11.8 Å². The molecule has 0 unspecified atom stereocenters. The first kappa shape index (κ1) is 7.23. The average molecular weight is 164 g/mol. The van der Waals surface area contributed by atoms with Crippen LogP contribution in [-0.2, 0) is 6.42 Å². The van der Waals surface area contributed by atoms with Gasteiger partial charge in [-0.15, -0.1) is 11.8 Å². The minimum atomic E-state index is 1.28. The van der Waals surface area contributed by atoms with E-state index in [9.17, 15) is 0 Å². The van der Waals surface area contributed by atoms with Crippen molar-refractivity contribution in [2.45, 2.75) is 24.7 Å². The molecule has 0 fully saturated rings. The van der Waals surface area contributed by atoms with Crippen molar-refractivity contribution in [3.63, 3.8) is 0 Å². The summed E-state index contributed by atoms with van der Waals surface area (Å²) < 4.78 is 0. The normalized spacial score (nSPS) is 16.1. The molecule has 0 amide bonds. The summed E-state index contributed by atoms with van der Waals surface area (Å²) in [6, 6.07) is 6.63. The SMILES string of the molecule is Cc1cccc2c1SCCC2. The van der Waals surface area contributed by atoms with Crippen LogP contribution in [0.3, 0.4) is 0 Å². The standard InChI is InChI=1S/C10H12S/c1-8-4-2-5-9-6-3-7-11-10(8)9/h2,4-5H,3,6-7H2,1H3. The third-order valence-corrected chi connectivity index (χ3v) is 3.50. The Morgan fingerprint density at radius 2 is 2.27 bits per heavy atom. The van der Waals surface area contributed by atoms with E-state index >= 15 is 0 Å². The Kier molecular flexibility index (Phi) is 1.91. The quantitative estimate of drug-likeness (QED) is 0.568. The van der Waals surface area contributed by atoms with Crippen LogP contribution in [-0.4, -0.2) is 5.75 Å². The Hall–Kier alpha value is -0.430. The molecule has 0 spiro atoms. The van der Waals surface area contributed by atoms with Crippen molar-refractivity contribution in [2.75, 3.05) is 5.75 Å². The van der Waals surface area contributed by atoms with E-state index in [1.54, 1.807) is 10.5 Å². The second-order valence-electron chi connectivity index (χ2n) is 3.02. The first-order chi connectivity index (χ1) is 5.38. The van der Waals surface area contributed by atoms with E-state index in [4.69, 9.17) is 0 Å². The summed E-state index contributed by atoms with van der Waals surface area (Å²) in [5.74, 6) is 1.30. The van der Waals surface area contributed by atoms with Crippen LogP contribution in [0.4, 0.5) is 0 Å². The van der Waals surface area contributed by atoms with Gasteiger partial charge in [-0.25, -0.2) is 0 Å². The number of hydrogen-bond donors (Lipinski definition) is 0. The Morgan fingerprint density at radius 3 is 3.09 bits per heavy atom. The van der Waals surface area contributed by atoms with Crippen molar-refractivity contribution in [2.24, 2.45) is 0 Å². The Balaban J connectivity index is 2.49. The van der Waals surface area contributed by atoms with E-state index in [-0.39, 0.29) is 0 Å². The molecule has 0 bridgehead atoms. The van der Waals surface area contributed by atoms with E-state index in [0.29, 0.717) is 0 Å². The number of aryl methyl sites for hydroxylation is 2. The second-order valence-corrected chi connectivity index (χ2v) is 4.12. The van der Waals surface area contributed by atoms with Gasteiger partial charge in [0, 0.05) is 4.90 Å². The van der Waals surface area contributed by atoms with Gasteiger partial charge in [-0.3, -0.25) is 0 Å². The summed E-state index contributed by atoms with van der Waals surface area (Å²) >= 11 is 2.02. The predicted molar refractivity (Wildman–Crippen MR) is 50.2 cm³/mol. The molecule has 0 aliphatic carbocycles. The largest absolute Gasteiger partial charge is 0.126 e. The fraction of sp³-hybridized carbons (Fsp3) is 0.400. The molecule has 1 aromatic rings. The lowest BCUT2D eigenvalue weighted by Crippen LogP contribution is -1.99. The van der Waals surface area contributed by atoms with Crippen LogP contribution < -0.4 is 0 Å². The smallest absolute Gasteiger partial charge is 0.0133 e. The molecule has 0 nitrogen and oxygen atoms in total. The Bertz CT molecular complexity index is 266. The van der Waals surface area contributed by atoms with Crippen LogP contribution in [0.2, 0.25) is 0 Å². The fourth-order valence-corrected chi connectivity index (χ4v) is 2.70. The van der Waals surface area contributed by atoms with Gasteiger partial charge in [0.05, 0.1) is 0 Å². The zero-order valence-electron chi connectivity index (χ0n) is 6.76. The highest BCUT2D eigenvalue weighted by atomic mass is 32.2. The number of benzene rings is 1. The van der Waals surface area contributed by atoms with Gasteiger partial charge < -0.3 is 0 Å². The van der Waals surface area contributed by atoms with Crippen LogP contribution in [0.25, 0.3) is 0 Å². The van der Waals surface area contributed by atoms with Crippen LogP contribution in [0.1, 0.15) is 17.5 Å². The molecule has 0 atom stereocenters. The number of hydrogen-bond acceptors (Lipinski definition) is 1. The van der Waals surface area contributed by atoms with Crippen LogP contribution >= 0.6 is 11.8 Å². The summed E-state index contributed by atoms with van der Waals surface area (Å²) in [7, 11) is 0. The molecule has 0 radical (unpaired) electrons. The summed E-state index contributed by atoms with van der Waals surface area (Å²) in [5.41, 5.74) is 3.01. The molecule has 1 aliphatic rings. The Labute approximate surface area is 72.0 Å². The van der Waals surface area contributed by atoms with E-state index < -0.39 is 0 Å². The predicted octanol–water partition coefficient (Wildman–Crippen LogP) is 3.03. The molecule has 0 aromatic heterocycles. The van der Waals surface area contributed by atoms with Gasteiger partial charge in [-0.1, -0.05) is 18.2 Å². The molecular formula is C10H12S. The minimum absolute atomic E-state index is 1.28. The highest BCUT2D eigenvalue weighted by Gasteiger charge is 2.10. The second kappa shape index (κ2) is 2.90. The topological polar surface area (TPSA) is 0 Å². The third kappa shape index (κ3) is 1.30. The first-order valence-electron chi connectivity index (χ1n) is 4.09. The molecule has 58 valence electrons. The monoisotopic (exact) mass is 164 g/mol. The average Bonchev–Trinajstić information content (AvgIpc) is 2.06. The van der Waals surface area contributed by atoms with Crippen LogP contribution in [0.15, 0.2) is 23.1 Å². The summed E-state index contributed by atoms with van der Waals surface area (Å²) in [6.07, 6.45) is 2.63. The molecule has 0 saturated carbocycles. The summed E-state index contributed by atoms with van der Waals surface area (Å²) in [6.45, 7) is 2.21. The summed E-state index contributed by atoms with van der Waals surface area (Å²) in [4.78, 5) is 1.54. The zero-order valence-corrected chi connectivity index (χ0v) is 7.58. The lowest BCUT2D eigenvalue weighted by Gasteiger charge is -2.16. The zero-order chi connectivity index (χ0) is 7.68. The van der Waals surface area contributed by atoms with Gasteiger partial charge in [0.2, 0.25) is 0 Å². The van der Waals surface area contributed by atoms with E-state index in [0.717, 1.165) is 0 Å². The number of fused-ring (bicyclic) bond motifs is 1. The molecule has 1 aromatic carbocycles. The van der Waals surface area contributed by atoms with Gasteiger partial charge in [0.1, 0.15) is 0 Å². The maximum absolute atomic E-state index is 2.26. The van der Waals surface area contributed by atoms with E-state index in [2.05, 4.69) is 25.1 Å². The van der Waals surface area contributed by atoms with Gasteiger partial charge in [-0.05, 0) is 36.6 Å². The van der Waals surface area contributed by atoms with E-state index in [1.807, 2.05) is 11.8 Å². The molecule has 1 heteroatoms. The lowest BCUT2D eigenvalue weighted by molar-refractivity contribution is 0.883. The van der Waals surface area contributed by atoms with Crippen molar-refractivity contribution in [3.05, 3.63) is 29.3 Å². The van der Waals surface area contributed by atoms with Crippen molar-refractivity contribution in [3.8, 4) is 0 Å². The minimum Gasteiger partial charge on any atom is -0.126 e. The van der Waals surface area contributed by atoms with Gasteiger partial charge in [0.15, 0.2) is 0 Å². The number of rotatable bonds is 0.